The van der Waals surface area contributed by atoms with Crippen molar-refractivity contribution in [3.05, 3.63) is 59.2 Å². The van der Waals surface area contributed by atoms with Crippen LogP contribution in [0.4, 0.5) is 10.1 Å². The molecule has 0 aliphatic carbocycles. The van der Waals surface area contributed by atoms with Crippen LogP contribution in [0.1, 0.15) is 23.7 Å². The largest absolute Gasteiger partial charge is 0.378 e. The molecule has 1 N–H and O–H groups in total. The number of aromatic nitrogens is 1. The Morgan fingerprint density at radius 1 is 1.37 bits per heavy atom. The third-order valence-corrected chi connectivity index (χ3v) is 2.91. The molecule has 0 radical (unpaired) electrons. The minimum Gasteiger partial charge on any atom is -0.378 e. The van der Waals surface area contributed by atoms with Crippen LogP contribution in [-0.4, -0.2) is 4.98 Å². The van der Waals surface area contributed by atoms with Crippen LogP contribution in [0.15, 0.2) is 36.5 Å². The number of hydrogen-bond acceptors (Lipinski definition) is 3. The summed E-state index contributed by atoms with van der Waals surface area (Å²) in [7, 11) is 0. The predicted octanol–water partition coefficient (Wildman–Crippen LogP) is 3.27. The van der Waals surface area contributed by atoms with E-state index < -0.39 is 5.82 Å². The molecule has 0 aliphatic heterocycles. The van der Waals surface area contributed by atoms with Crippen molar-refractivity contribution >= 4 is 5.69 Å². The Morgan fingerprint density at radius 3 is 2.95 bits per heavy atom. The molecule has 3 nitrogen and oxygen atoms in total. The summed E-state index contributed by atoms with van der Waals surface area (Å²) < 4.78 is 13.0. The van der Waals surface area contributed by atoms with Gasteiger partial charge in [0.2, 0.25) is 0 Å². The van der Waals surface area contributed by atoms with Crippen molar-refractivity contribution < 1.29 is 4.39 Å². The molecular formula is C15H14FN3. The van der Waals surface area contributed by atoms with Gasteiger partial charge in [-0.25, -0.2) is 4.39 Å². The Morgan fingerprint density at radius 2 is 2.21 bits per heavy atom. The number of rotatable bonds is 4. The molecule has 1 heterocycles. The van der Waals surface area contributed by atoms with Crippen LogP contribution in [0.5, 0.6) is 0 Å². The second-order valence-corrected chi connectivity index (χ2v) is 4.12. The molecule has 96 valence electrons. The van der Waals surface area contributed by atoms with Crippen LogP contribution in [-0.2, 0) is 13.0 Å². The molecule has 0 bridgehead atoms. The Kier molecular flexibility index (Phi) is 4.09. The van der Waals surface area contributed by atoms with Crippen molar-refractivity contribution in [2.24, 2.45) is 0 Å². The number of nitrogens with one attached hydrogen (secondary N) is 1. The summed E-state index contributed by atoms with van der Waals surface area (Å²) in [5.41, 5.74) is 3.03. The number of anilines is 1. The van der Waals surface area contributed by atoms with E-state index in [2.05, 4.69) is 17.2 Å². The van der Waals surface area contributed by atoms with E-state index >= 15 is 0 Å². The van der Waals surface area contributed by atoms with E-state index in [4.69, 9.17) is 5.26 Å². The summed E-state index contributed by atoms with van der Waals surface area (Å²) in [6.07, 6.45) is 2.64. The number of benzene rings is 1. The van der Waals surface area contributed by atoms with Gasteiger partial charge >= 0.3 is 0 Å². The summed E-state index contributed by atoms with van der Waals surface area (Å²) in [5, 5.41) is 12.1. The van der Waals surface area contributed by atoms with Gasteiger partial charge in [0.05, 0.1) is 23.5 Å². The van der Waals surface area contributed by atoms with Gasteiger partial charge in [0.25, 0.3) is 0 Å². The lowest BCUT2D eigenvalue weighted by atomic mass is 10.1. The zero-order valence-corrected chi connectivity index (χ0v) is 10.7. The third-order valence-electron chi connectivity index (χ3n) is 2.91. The number of halogens is 1. The molecule has 1 aromatic heterocycles. The fraction of sp³-hybridized carbons (Fsp3) is 0.200. The van der Waals surface area contributed by atoms with Gasteiger partial charge in [-0.05, 0) is 36.2 Å². The highest BCUT2D eigenvalue weighted by Crippen LogP contribution is 2.17. The standard InChI is InChI=1S/C15H14FN3/c1-2-11-4-3-7-18-15(11)10-19-14-6-5-13(16)8-12(14)9-17/h3-8,19H,2,10H2,1H3. The molecule has 0 atom stereocenters. The van der Waals surface area contributed by atoms with Crippen LogP contribution in [0.2, 0.25) is 0 Å². The van der Waals surface area contributed by atoms with Gasteiger partial charge in [-0.3, -0.25) is 4.98 Å². The van der Waals surface area contributed by atoms with Crippen molar-refractivity contribution in [1.82, 2.24) is 4.98 Å². The van der Waals surface area contributed by atoms with Gasteiger partial charge in [0, 0.05) is 6.20 Å². The minimum atomic E-state index is -0.408. The molecule has 2 aromatic rings. The van der Waals surface area contributed by atoms with Crippen molar-refractivity contribution in [3.8, 4) is 6.07 Å². The fourth-order valence-electron chi connectivity index (χ4n) is 1.89. The zero-order chi connectivity index (χ0) is 13.7. The average molecular weight is 255 g/mol. The number of nitrogens with zero attached hydrogens (tertiary/aromatic N) is 2. The summed E-state index contributed by atoms with van der Waals surface area (Å²) in [6, 6.07) is 10.0. The Hall–Kier alpha value is -2.41. The third kappa shape index (κ3) is 3.08. The lowest BCUT2D eigenvalue weighted by molar-refractivity contribution is 0.627. The molecule has 0 fully saturated rings. The van der Waals surface area contributed by atoms with Crippen molar-refractivity contribution in [2.45, 2.75) is 19.9 Å². The summed E-state index contributed by atoms with van der Waals surface area (Å²) >= 11 is 0. The van der Waals surface area contributed by atoms with E-state index in [0.717, 1.165) is 17.7 Å². The van der Waals surface area contributed by atoms with Gasteiger partial charge in [-0.15, -0.1) is 0 Å². The minimum absolute atomic E-state index is 0.300. The smallest absolute Gasteiger partial charge is 0.124 e. The summed E-state index contributed by atoms with van der Waals surface area (Å²) in [4.78, 5) is 4.32. The van der Waals surface area contributed by atoms with Crippen LogP contribution in [0, 0.1) is 17.1 Å². The van der Waals surface area contributed by atoms with E-state index in [1.54, 1.807) is 12.3 Å². The first-order chi connectivity index (χ1) is 9.24. The van der Waals surface area contributed by atoms with Gasteiger partial charge < -0.3 is 5.32 Å². The molecule has 0 saturated heterocycles. The van der Waals surface area contributed by atoms with Gasteiger partial charge in [-0.1, -0.05) is 13.0 Å². The highest BCUT2D eigenvalue weighted by molar-refractivity contribution is 5.57. The number of aryl methyl sites for hydroxylation is 1. The summed E-state index contributed by atoms with van der Waals surface area (Å²) in [6.45, 7) is 2.59. The highest BCUT2D eigenvalue weighted by atomic mass is 19.1. The molecule has 19 heavy (non-hydrogen) atoms. The second-order valence-electron chi connectivity index (χ2n) is 4.12. The quantitative estimate of drug-likeness (QED) is 0.912. The van der Waals surface area contributed by atoms with Gasteiger partial charge in [0.1, 0.15) is 11.9 Å². The Labute approximate surface area is 111 Å². The molecule has 0 saturated carbocycles. The maximum Gasteiger partial charge on any atom is 0.124 e. The first kappa shape index (κ1) is 13.0. The van der Waals surface area contributed by atoms with Crippen molar-refractivity contribution in [2.75, 3.05) is 5.32 Å². The van der Waals surface area contributed by atoms with E-state index in [9.17, 15) is 4.39 Å². The van der Waals surface area contributed by atoms with Crippen molar-refractivity contribution in [1.29, 1.82) is 5.26 Å². The van der Waals surface area contributed by atoms with Crippen LogP contribution < -0.4 is 5.32 Å². The Bertz CT molecular complexity index is 617. The maximum atomic E-state index is 13.0. The van der Waals surface area contributed by atoms with Gasteiger partial charge in [-0.2, -0.15) is 5.26 Å². The SMILES string of the molecule is CCc1cccnc1CNc1ccc(F)cc1C#N. The number of hydrogen-bond donors (Lipinski definition) is 1. The lowest BCUT2D eigenvalue weighted by Crippen LogP contribution is -2.06. The highest BCUT2D eigenvalue weighted by Gasteiger charge is 2.05. The first-order valence-corrected chi connectivity index (χ1v) is 6.11. The molecule has 2 rings (SSSR count). The lowest BCUT2D eigenvalue weighted by Gasteiger charge is -2.10. The van der Waals surface area contributed by atoms with Crippen LogP contribution in [0.3, 0.4) is 0 Å². The van der Waals surface area contributed by atoms with Crippen molar-refractivity contribution in [3.63, 3.8) is 0 Å². The van der Waals surface area contributed by atoms with E-state index in [0.29, 0.717) is 17.8 Å². The van der Waals surface area contributed by atoms with E-state index in [1.165, 1.54) is 12.1 Å². The topological polar surface area (TPSA) is 48.7 Å². The summed E-state index contributed by atoms with van der Waals surface area (Å²) in [5.74, 6) is -0.408. The zero-order valence-electron chi connectivity index (χ0n) is 10.7. The molecule has 0 unspecified atom stereocenters. The first-order valence-electron chi connectivity index (χ1n) is 6.11. The second kappa shape index (κ2) is 5.96. The van der Waals surface area contributed by atoms with Crippen LogP contribution in [0.25, 0.3) is 0 Å². The molecule has 0 aliphatic rings. The normalized spacial score (nSPS) is 9.95. The fourth-order valence-corrected chi connectivity index (χ4v) is 1.89. The number of pyridine rings is 1. The predicted molar refractivity (Wildman–Crippen MR) is 72.1 cm³/mol. The molecule has 4 heteroatoms. The van der Waals surface area contributed by atoms with Crippen LogP contribution >= 0.6 is 0 Å². The maximum absolute atomic E-state index is 13.0. The Balaban J connectivity index is 2.17. The molecule has 1 aromatic carbocycles. The average Bonchev–Trinajstić information content (AvgIpc) is 2.46. The van der Waals surface area contributed by atoms with E-state index in [1.807, 2.05) is 18.2 Å². The van der Waals surface area contributed by atoms with Gasteiger partial charge in [0.15, 0.2) is 0 Å². The number of nitriles is 1. The monoisotopic (exact) mass is 255 g/mol. The molecule has 0 spiro atoms. The van der Waals surface area contributed by atoms with E-state index in [-0.39, 0.29) is 0 Å². The molecule has 0 amide bonds. The molecular weight excluding hydrogens is 241 g/mol.